The van der Waals surface area contributed by atoms with Crippen LogP contribution in [0.25, 0.3) is 10.9 Å². The van der Waals surface area contributed by atoms with Gasteiger partial charge in [-0.1, -0.05) is 24.3 Å². The monoisotopic (exact) mass is 470 g/mol. The van der Waals surface area contributed by atoms with Crippen molar-refractivity contribution in [3.63, 3.8) is 0 Å². The number of hydrogen-bond donors (Lipinski definition) is 2. The Labute approximate surface area is 201 Å². The van der Waals surface area contributed by atoms with Crippen molar-refractivity contribution in [1.82, 2.24) is 20.2 Å². The number of aromatic hydroxyl groups is 1. The molecule has 0 fully saturated rings. The zero-order chi connectivity index (χ0) is 24.7. The first-order valence-electron chi connectivity index (χ1n) is 11.2. The lowest BCUT2D eigenvalue weighted by atomic mass is 9.96. The Morgan fingerprint density at radius 1 is 1.17 bits per heavy atom. The van der Waals surface area contributed by atoms with Crippen molar-refractivity contribution < 1.29 is 19.1 Å². The van der Waals surface area contributed by atoms with Crippen LogP contribution in [0.4, 0.5) is 4.39 Å². The first-order chi connectivity index (χ1) is 16.8. The number of amides is 2. The summed E-state index contributed by atoms with van der Waals surface area (Å²) in [6.45, 7) is 4.45. The number of nitrogens with one attached hydrogen (secondary N) is 1. The second-order valence-electron chi connectivity index (χ2n) is 8.72. The van der Waals surface area contributed by atoms with Crippen LogP contribution in [0, 0.1) is 19.7 Å². The smallest absolute Gasteiger partial charge is 0.258 e. The molecule has 35 heavy (non-hydrogen) atoms. The molecule has 5 rings (SSSR count). The van der Waals surface area contributed by atoms with E-state index in [9.17, 15) is 19.1 Å². The Kier molecular flexibility index (Phi) is 5.64. The molecule has 0 aliphatic carbocycles. The molecule has 3 heterocycles. The van der Waals surface area contributed by atoms with E-state index in [1.54, 1.807) is 30.5 Å². The Bertz CT molecular complexity index is 1480. The number of benzene rings is 2. The van der Waals surface area contributed by atoms with Crippen molar-refractivity contribution >= 4 is 22.7 Å². The molecule has 7 nitrogen and oxygen atoms in total. The molecule has 0 bridgehead atoms. The fraction of sp³-hybridized carbons (Fsp3) is 0.185. The van der Waals surface area contributed by atoms with Crippen molar-refractivity contribution in [3.8, 4) is 5.75 Å². The van der Waals surface area contributed by atoms with Crippen molar-refractivity contribution in [1.29, 1.82) is 0 Å². The molecule has 2 N–H and O–H groups in total. The van der Waals surface area contributed by atoms with E-state index in [1.165, 1.54) is 23.2 Å². The molecular weight excluding hydrogens is 447 g/mol. The summed E-state index contributed by atoms with van der Waals surface area (Å²) in [6.07, 6.45) is 3.25. The molecule has 0 atom stereocenters. The summed E-state index contributed by atoms with van der Waals surface area (Å²) in [5, 5.41) is 14.3. The third-order valence-electron chi connectivity index (χ3n) is 6.25. The Morgan fingerprint density at radius 3 is 2.69 bits per heavy atom. The van der Waals surface area contributed by atoms with Crippen molar-refractivity contribution in [2.75, 3.05) is 0 Å². The molecule has 2 aromatic heterocycles. The zero-order valence-electron chi connectivity index (χ0n) is 19.3. The van der Waals surface area contributed by atoms with Crippen molar-refractivity contribution in [3.05, 3.63) is 99.8 Å². The molecule has 0 saturated heterocycles. The van der Waals surface area contributed by atoms with Gasteiger partial charge in [-0.15, -0.1) is 0 Å². The number of fused-ring (bicyclic) bond motifs is 2. The molecule has 0 saturated carbocycles. The average molecular weight is 471 g/mol. The second kappa shape index (κ2) is 8.79. The van der Waals surface area contributed by atoms with Crippen LogP contribution in [0.3, 0.4) is 0 Å². The van der Waals surface area contributed by atoms with Gasteiger partial charge in [0.2, 0.25) is 0 Å². The van der Waals surface area contributed by atoms with E-state index in [2.05, 4.69) is 15.3 Å². The lowest BCUT2D eigenvalue weighted by Crippen LogP contribution is -2.26. The van der Waals surface area contributed by atoms with Crippen LogP contribution in [0.5, 0.6) is 5.75 Å². The first kappa shape index (κ1) is 22.5. The second-order valence-corrected chi connectivity index (χ2v) is 8.72. The topological polar surface area (TPSA) is 95.4 Å². The number of rotatable bonds is 5. The van der Waals surface area contributed by atoms with Crippen LogP contribution in [0.1, 0.15) is 48.7 Å². The number of carbonyl (C=O) groups is 2. The number of nitrogens with zero attached hydrogens (tertiary/aromatic N) is 3. The molecule has 0 spiro atoms. The highest BCUT2D eigenvalue weighted by molar-refractivity contribution is 6.15. The predicted molar refractivity (Wildman–Crippen MR) is 128 cm³/mol. The van der Waals surface area contributed by atoms with Gasteiger partial charge in [0.15, 0.2) is 5.75 Å². The summed E-state index contributed by atoms with van der Waals surface area (Å²) in [5.74, 6) is -1.39. The molecule has 2 amide bonds. The maximum absolute atomic E-state index is 13.5. The van der Waals surface area contributed by atoms with Crippen LogP contribution in [-0.4, -0.2) is 31.8 Å². The Morgan fingerprint density at radius 2 is 1.94 bits per heavy atom. The number of phenols is 1. The van der Waals surface area contributed by atoms with Crippen molar-refractivity contribution in [2.24, 2.45) is 0 Å². The molecule has 1 aliphatic rings. The highest BCUT2D eigenvalue weighted by Gasteiger charge is 2.36. The number of aromatic nitrogens is 2. The van der Waals surface area contributed by atoms with Gasteiger partial charge in [-0.3, -0.25) is 19.6 Å². The largest absolute Gasteiger partial charge is 0.505 e. The molecule has 0 unspecified atom stereocenters. The summed E-state index contributed by atoms with van der Waals surface area (Å²) in [5.41, 5.74) is 4.50. The number of aryl methyl sites for hydroxylation is 2. The van der Waals surface area contributed by atoms with Crippen LogP contribution in [0.15, 0.2) is 54.9 Å². The summed E-state index contributed by atoms with van der Waals surface area (Å²) in [6, 6.07) is 11.3. The maximum Gasteiger partial charge on any atom is 0.258 e. The van der Waals surface area contributed by atoms with E-state index in [-0.39, 0.29) is 48.2 Å². The van der Waals surface area contributed by atoms with Crippen LogP contribution in [-0.2, 0) is 19.6 Å². The highest BCUT2D eigenvalue weighted by atomic mass is 19.1. The zero-order valence-corrected chi connectivity index (χ0v) is 19.3. The highest BCUT2D eigenvalue weighted by Crippen LogP contribution is 2.40. The van der Waals surface area contributed by atoms with Gasteiger partial charge in [0, 0.05) is 36.4 Å². The minimum absolute atomic E-state index is 0.0769. The van der Waals surface area contributed by atoms with Gasteiger partial charge in [0.1, 0.15) is 11.3 Å². The Hall–Kier alpha value is -4.33. The number of phenolic OH excluding ortho intramolecular Hbond substituents is 1. The summed E-state index contributed by atoms with van der Waals surface area (Å²) >= 11 is 0. The molecule has 2 aromatic carbocycles. The third kappa shape index (κ3) is 4.07. The van der Waals surface area contributed by atoms with Gasteiger partial charge in [0.25, 0.3) is 11.8 Å². The first-order valence-corrected chi connectivity index (χ1v) is 11.2. The molecule has 176 valence electrons. The van der Waals surface area contributed by atoms with Gasteiger partial charge in [-0.2, -0.15) is 0 Å². The summed E-state index contributed by atoms with van der Waals surface area (Å²) in [4.78, 5) is 36.9. The van der Waals surface area contributed by atoms with Gasteiger partial charge >= 0.3 is 0 Å². The quantitative estimate of drug-likeness (QED) is 0.456. The SMILES string of the molecule is Cc1cnc(CNC(=O)c2c3c(c(O)c4ncccc24)C(=O)N(Cc2ccc(F)cc2)C3)c(C)c1. The van der Waals surface area contributed by atoms with Gasteiger partial charge in [-0.05, 0) is 48.7 Å². The average Bonchev–Trinajstić information content (AvgIpc) is 3.16. The number of pyridine rings is 2. The number of hydrogen-bond acceptors (Lipinski definition) is 5. The van der Waals surface area contributed by atoms with E-state index in [4.69, 9.17) is 0 Å². The standard InChI is InChI=1S/C27H23FN4O3/c1-15-10-16(2)21(30-11-15)12-31-26(34)22-19-4-3-9-29-24(19)25(33)23-20(22)14-32(27(23)35)13-17-5-7-18(28)8-6-17/h3-11,33H,12-14H2,1-2H3,(H,31,34). The van der Waals surface area contributed by atoms with Crippen LogP contribution < -0.4 is 5.32 Å². The summed E-state index contributed by atoms with van der Waals surface area (Å²) in [7, 11) is 0. The van der Waals surface area contributed by atoms with Crippen molar-refractivity contribution in [2.45, 2.75) is 33.5 Å². The lowest BCUT2D eigenvalue weighted by molar-refractivity contribution is 0.0763. The molecule has 4 aromatic rings. The minimum atomic E-state index is -0.403. The normalized spacial score (nSPS) is 12.8. The minimum Gasteiger partial charge on any atom is -0.505 e. The van der Waals surface area contributed by atoms with E-state index in [1.807, 2.05) is 19.9 Å². The molecule has 8 heteroatoms. The van der Waals surface area contributed by atoms with Gasteiger partial charge in [-0.25, -0.2) is 4.39 Å². The fourth-order valence-corrected chi connectivity index (χ4v) is 4.53. The van der Waals surface area contributed by atoms with Gasteiger partial charge in [0.05, 0.1) is 23.4 Å². The molecule has 0 radical (unpaired) electrons. The lowest BCUT2D eigenvalue weighted by Gasteiger charge is -2.16. The fourth-order valence-electron chi connectivity index (χ4n) is 4.53. The summed E-state index contributed by atoms with van der Waals surface area (Å²) < 4.78 is 13.3. The molecular formula is C27H23FN4O3. The van der Waals surface area contributed by atoms with Crippen LogP contribution in [0.2, 0.25) is 0 Å². The maximum atomic E-state index is 13.5. The van der Waals surface area contributed by atoms with E-state index in [0.717, 1.165) is 22.4 Å². The van der Waals surface area contributed by atoms with Gasteiger partial charge < -0.3 is 15.3 Å². The Balaban J connectivity index is 1.52. The third-order valence-corrected chi connectivity index (χ3v) is 6.25. The van der Waals surface area contributed by atoms with E-state index < -0.39 is 5.91 Å². The molecule has 1 aliphatic heterocycles. The van der Waals surface area contributed by atoms with Crippen LogP contribution >= 0.6 is 0 Å². The predicted octanol–water partition coefficient (Wildman–Crippen LogP) is 4.18. The van der Waals surface area contributed by atoms with E-state index >= 15 is 0 Å². The number of halogens is 1. The van der Waals surface area contributed by atoms with E-state index in [0.29, 0.717) is 16.5 Å². The number of carbonyl (C=O) groups excluding carboxylic acids is 2.